The van der Waals surface area contributed by atoms with E-state index in [1.54, 1.807) is 12.1 Å². The van der Waals surface area contributed by atoms with Gasteiger partial charge in [0.05, 0.1) is 11.3 Å². The lowest BCUT2D eigenvalue weighted by Crippen LogP contribution is -2.36. The minimum atomic E-state index is -0.488. The lowest BCUT2D eigenvalue weighted by molar-refractivity contribution is -0.118. The van der Waals surface area contributed by atoms with E-state index in [4.69, 9.17) is 11.0 Å². The van der Waals surface area contributed by atoms with E-state index in [0.717, 1.165) is 4.47 Å². The molecule has 0 atom stereocenters. The fourth-order valence-corrected chi connectivity index (χ4v) is 2.04. The number of nitrogens with two attached hydrogens (primary N) is 1. The molecule has 0 aliphatic heterocycles. The van der Waals surface area contributed by atoms with E-state index in [2.05, 4.69) is 27.3 Å². The predicted octanol–water partition coefficient (Wildman–Crippen LogP) is 2.39. The van der Waals surface area contributed by atoms with Crippen molar-refractivity contribution >= 4 is 27.5 Å². The van der Waals surface area contributed by atoms with E-state index in [0.29, 0.717) is 11.3 Å². The summed E-state index contributed by atoms with van der Waals surface area (Å²) in [5.74, 6) is -0.379. The molecule has 5 heteroatoms. The van der Waals surface area contributed by atoms with Crippen molar-refractivity contribution in [3.8, 4) is 6.07 Å². The molecule has 1 aromatic carbocycles. The highest BCUT2D eigenvalue weighted by Crippen LogP contribution is 2.27. The van der Waals surface area contributed by atoms with Gasteiger partial charge in [0, 0.05) is 16.4 Å². The zero-order chi connectivity index (χ0) is 13.1. The highest BCUT2D eigenvalue weighted by molar-refractivity contribution is 9.10. The highest BCUT2D eigenvalue weighted by Gasteiger charge is 2.21. The van der Waals surface area contributed by atoms with Gasteiger partial charge in [-0.3, -0.25) is 4.79 Å². The molecule has 0 radical (unpaired) electrons. The third-order valence-electron chi connectivity index (χ3n) is 2.21. The molecule has 0 unspecified atom stereocenters. The summed E-state index contributed by atoms with van der Waals surface area (Å²) in [7, 11) is 0. The Hall–Kier alpha value is -1.54. The molecular formula is C12H14BrN3O. The van der Waals surface area contributed by atoms with Crippen molar-refractivity contribution in [3.05, 3.63) is 28.2 Å². The molecule has 90 valence electrons. The van der Waals surface area contributed by atoms with Gasteiger partial charge in [-0.1, -0.05) is 6.07 Å². The van der Waals surface area contributed by atoms with Crippen molar-refractivity contribution in [1.29, 1.82) is 5.26 Å². The Morgan fingerprint density at radius 1 is 1.59 bits per heavy atom. The van der Waals surface area contributed by atoms with Crippen molar-refractivity contribution in [2.75, 3.05) is 5.32 Å². The summed E-state index contributed by atoms with van der Waals surface area (Å²) in [6.07, 6.45) is 0.199. The van der Waals surface area contributed by atoms with Gasteiger partial charge < -0.3 is 11.1 Å². The molecule has 0 bridgehead atoms. The minimum Gasteiger partial charge on any atom is -0.379 e. The van der Waals surface area contributed by atoms with Crippen LogP contribution in [-0.2, 0) is 4.79 Å². The van der Waals surface area contributed by atoms with Gasteiger partial charge in [0.25, 0.3) is 0 Å². The van der Waals surface area contributed by atoms with Crippen LogP contribution >= 0.6 is 15.9 Å². The van der Waals surface area contributed by atoms with E-state index in [1.165, 1.54) is 0 Å². The number of amides is 1. The van der Waals surface area contributed by atoms with Crippen LogP contribution in [0.3, 0.4) is 0 Å². The van der Waals surface area contributed by atoms with Gasteiger partial charge in [0.2, 0.25) is 5.91 Å². The van der Waals surface area contributed by atoms with Crippen LogP contribution in [0.1, 0.15) is 25.8 Å². The Morgan fingerprint density at radius 3 is 2.76 bits per heavy atom. The van der Waals surface area contributed by atoms with Crippen molar-refractivity contribution in [2.24, 2.45) is 5.73 Å². The fourth-order valence-electron chi connectivity index (χ4n) is 1.59. The maximum Gasteiger partial charge on any atom is 0.219 e. The monoisotopic (exact) mass is 295 g/mol. The Kier molecular flexibility index (Phi) is 4.13. The van der Waals surface area contributed by atoms with Crippen LogP contribution in [0, 0.1) is 11.3 Å². The zero-order valence-electron chi connectivity index (χ0n) is 9.75. The lowest BCUT2D eigenvalue weighted by Gasteiger charge is -2.26. The summed E-state index contributed by atoms with van der Waals surface area (Å²) < 4.78 is 0.722. The second kappa shape index (κ2) is 5.19. The first kappa shape index (κ1) is 13.5. The molecule has 0 aliphatic carbocycles. The molecule has 0 saturated heterocycles. The van der Waals surface area contributed by atoms with Crippen LogP contribution in [0.15, 0.2) is 22.7 Å². The van der Waals surface area contributed by atoms with Crippen LogP contribution in [-0.4, -0.2) is 11.4 Å². The molecule has 1 aromatic rings. The number of primary amides is 1. The molecule has 0 fully saturated rings. The zero-order valence-corrected chi connectivity index (χ0v) is 11.3. The quantitative estimate of drug-likeness (QED) is 0.895. The molecule has 1 amide bonds. The van der Waals surface area contributed by atoms with Gasteiger partial charge in [-0.25, -0.2) is 0 Å². The maximum atomic E-state index is 10.9. The summed E-state index contributed by atoms with van der Waals surface area (Å²) in [5, 5.41) is 12.2. The summed E-state index contributed by atoms with van der Waals surface area (Å²) >= 11 is 3.31. The van der Waals surface area contributed by atoms with E-state index in [9.17, 15) is 4.79 Å². The number of hydrogen-bond acceptors (Lipinski definition) is 3. The van der Waals surface area contributed by atoms with Crippen LogP contribution in [0.2, 0.25) is 0 Å². The molecule has 0 heterocycles. The number of halogens is 1. The van der Waals surface area contributed by atoms with Gasteiger partial charge in [-0.2, -0.15) is 5.26 Å². The minimum absolute atomic E-state index is 0.199. The van der Waals surface area contributed by atoms with E-state index in [-0.39, 0.29) is 12.3 Å². The smallest absolute Gasteiger partial charge is 0.219 e. The van der Waals surface area contributed by atoms with Crippen molar-refractivity contribution in [2.45, 2.75) is 25.8 Å². The van der Waals surface area contributed by atoms with Gasteiger partial charge in [0.15, 0.2) is 0 Å². The van der Waals surface area contributed by atoms with Crippen LogP contribution in [0.25, 0.3) is 0 Å². The van der Waals surface area contributed by atoms with Crippen molar-refractivity contribution in [1.82, 2.24) is 0 Å². The first-order chi connectivity index (χ1) is 7.85. The predicted molar refractivity (Wildman–Crippen MR) is 70.4 cm³/mol. The second-order valence-corrected chi connectivity index (χ2v) is 5.28. The summed E-state index contributed by atoms with van der Waals surface area (Å²) in [5.41, 5.74) is 5.90. The molecule has 0 aliphatic rings. The van der Waals surface area contributed by atoms with E-state index >= 15 is 0 Å². The Bertz CT molecular complexity index is 477. The fraction of sp³-hybridized carbons (Fsp3) is 0.333. The maximum absolute atomic E-state index is 10.9. The first-order valence-electron chi connectivity index (χ1n) is 5.11. The van der Waals surface area contributed by atoms with Gasteiger partial charge >= 0.3 is 0 Å². The number of hydrogen-bond donors (Lipinski definition) is 2. The molecule has 3 N–H and O–H groups in total. The highest BCUT2D eigenvalue weighted by atomic mass is 79.9. The molecule has 17 heavy (non-hydrogen) atoms. The molecule has 0 aromatic heterocycles. The number of carbonyl (C=O) groups excluding carboxylic acids is 1. The summed E-state index contributed by atoms with van der Waals surface area (Å²) in [6, 6.07) is 7.54. The van der Waals surface area contributed by atoms with Gasteiger partial charge in [-0.15, -0.1) is 0 Å². The molecule has 4 nitrogen and oxygen atoms in total. The largest absolute Gasteiger partial charge is 0.379 e. The number of benzene rings is 1. The molecule has 0 saturated carbocycles. The second-order valence-electron chi connectivity index (χ2n) is 4.43. The number of nitrogens with zero attached hydrogens (tertiary/aromatic N) is 1. The molecule has 0 spiro atoms. The van der Waals surface area contributed by atoms with Crippen molar-refractivity contribution < 1.29 is 4.79 Å². The Balaban J connectivity index is 3.00. The average Bonchev–Trinajstić information content (AvgIpc) is 2.14. The normalized spacial score (nSPS) is 10.7. The van der Waals surface area contributed by atoms with Gasteiger partial charge in [-0.05, 0) is 41.9 Å². The SMILES string of the molecule is CC(C)(CC(N)=O)Nc1cccc(Br)c1C#N. The van der Waals surface area contributed by atoms with E-state index in [1.807, 2.05) is 19.9 Å². The molecular weight excluding hydrogens is 282 g/mol. The number of carbonyl (C=O) groups is 1. The summed E-state index contributed by atoms with van der Waals surface area (Å²) in [6.45, 7) is 3.72. The van der Waals surface area contributed by atoms with Crippen molar-refractivity contribution in [3.63, 3.8) is 0 Å². The molecule has 1 rings (SSSR count). The third kappa shape index (κ3) is 3.75. The van der Waals surface area contributed by atoms with Crippen LogP contribution < -0.4 is 11.1 Å². The number of rotatable bonds is 4. The average molecular weight is 296 g/mol. The number of nitriles is 1. The summed E-state index contributed by atoms with van der Waals surface area (Å²) in [4.78, 5) is 10.9. The van der Waals surface area contributed by atoms with E-state index < -0.39 is 5.54 Å². The number of nitrogens with one attached hydrogen (secondary N) is 1. The standard InChI is InChI=1S/C12H14BrN3O/c1-12(2,6-11(15)17)16-10-5-3-4-9(13)8(10)7-14/h3-5,16H,6H2,1-2H3,(H2,15,17). The third-order valence-corrected chi connectivity index (χ3v) is 2.88. The van der Waals surface area contributed by atoms with Crippen LogP contribution in [0.5, 0.6) is 0 Å². The lowest BCUT2D eigenvalue weighted by atomic mass is 9.99. The number of anilines is 1. The Labute approximate surface area is 109 Å². The first-order valence-corrected chi connectivity index (χ1v) is 5.90. The van der Waals surface area contributed by atoms with Gasteiger partial charge in [0.1, 0.15) is 6.07 Å². The Morgan fingerprint density at radius 2 is 2.24 bits per heavy atom. The van der Waals surface area contributed by atoms with Crippen LogP contribution in [0.4, 0.5) is 5.69 Å². The topological polar surface area (TPSA) is 78.9 Å².